The fourth-order valence-electron chi connectivity index (χ4n) is 3.24. The van der Waals surface area contributed by atoms with Gasteiger partial charge in [0.2, 0.25) is 0 Å². The summed E-state index contributed by atoms with van der Waals surface area (Å²) >= 11 is -1.85. The Kier molecular flexibility index (Phi) is 7.30. The van der Waals surface area contributed by atoms with Crippen LogP contribution in [0.15, 0.2) is 18.5 Å². The molecule has 1 aliphatic rings. The third-order valence-corrected chi connectivity index (χ3v) is 6.48. The van der Waals surface area contributed by atoms with Gasteiger partial charge < -0.3 is 0 Å². The van der Waals surface area contributed by atoms with Crippen LogP contribution in [-0.4, -0.2) is 86.3 Å². The molecule has 2 aromatic heterocycles. The summed E-state index contributed by atoms with van der Waals surface area (Å²) in [5.41, 5.74) is 0.602. The molecule has 2 aromatic rings. The number of halogens is 4. The molecule has 0 bridgehead atoms. The molecule has 1 saturated heterocycles. The van der Waals surface area contributed by atoms with Crippen LogP contribution in [0.2, 0.25) is 0 Å². The average molecular weight is 505 g/mol. The Balaban J connectivity index is 1.93. The van der Waals surface area contributed by atoms with Gasteiger partial charge in [-0.2, -0.15) is 0 Å². The van der Waals surface area contributed by atoms with Gasteiger partial charge in [-0.25, -0.2) is 0 Å². The maximum atomic E-state index is 14.4. The number of nitrogens with one attached hydrogen (secondary N) is 3. The summed E-state index contributed by atoms with van der Waals surface area (Å²) in [5, 5.41) is 3.51. The van der Waals surface area contributed by atoms with Crippen LogP contribution in [0.3, 0.4) is 0 Å². The molecule has 31 heavy (non-hydrogen) atoms. The van der Waals surface area contributed by atoms with Crippen molar-refractivity contribution in [1.82, 2.24) is 24.9 Å². The van der Waals surface area contributed by atoms with Crippen LogP contribution >= 0.6 is 0 Å². The number of alkyl halides is 4. The van der Waals surface area contributed by atoms with E-state index in [9.17, 15) is 22.4 Å². The van der Waals surface area contributed by atoms with Crippen molar-refractivity contribution in [1.29, 1.82) is 0 Å². The molecule has 0 radical (unpaired) electrons. The molecule has 3 heterocycles. The zero-order chi connectivity index (χ0) is 22.6. The van der Waals surface area contributed by atoms with E-state index in [1.54, 1.807) is 0 Å². The number of piperidine rings is 1. The number of anilines is 1. The molecule has 0 aromatic carbocycles. The van der Waals surface area contributed by atoms with Crippen LogP contribution < -0.4 is 20.5 Å². The summed E-state index contributed by atoms with van der Waals surface area (Å²) in [5.74, 6) is 5.70. The van der Waals surface area contributed by atoms with E-state index in [1.165, 1.54) is 29.9 Å². The Bertz CT molecular complexity index is 999. The van der Waals surface area contributed by atoms with Gasteiger partial charge in [-0.3, -0.25) is 0 Å². The van der Waals surface area contributed by atoms with Crippen molar-refractivity contribution in [3.8, 4) is 11.8 Å². The molecule has 2 amide bonds. The van der Waals surface area contributed by atoms with Gasteiger partial charge in [-0.15, -0.1) is 0 Å². The normalized spacial score (nSPS) is 19.5. The van der Waals surface area contributed by atoms with E-state index in [0.717, 1.165) is 0 Å². The molecule has 0 aliphatic carbocycles. The van der Waals surface area contributed by atoms with Crippen LogP contribution in [0.5, 0.6) is 0 Å². The van der Waals surface area contributed by atoms with Crippen LogP contribution in [0.4, 0.5) is 28.2 Å². The van der Waals surface area contributed by atoms with Gasteiger partial charge in [0.15, 0.2) is 0 Å². The number of fused-ring (bicyclic) bond motifs is 1. The number of hydrogen-bond acceptors (Lipinski definition) is 4. The molecule has 1 aliphatic heterocycles. The third kappa shape index (κ3) is 6.03. The Morgan fingerprint density at radius 2 is 2.19 bits per heavy atom. The molecular weight excluding hydrogens is 483 g/mol. The molecule has 168 valence electrons. The summed E-state index contributed by atoms with van der Waals surface area (Å²) < 4.78 is 55.6. The number of rotatable bonds is 4. The van der Waals surface area contributed by atoms with Crippen molar-refractivity contribution in [3.05, 3.63) is 24.0 Å². The van der Waals surface area contributed by atoms with Crippen molar-refractivity contribution >= 4 is 36.9 Å². The molecule has 0 spiro atoms. The number of amides is 2. The number of hydrogen-bond donors (Lipinski definition) is 3. The second kappa shape index (κ2) is 9.76. The first-order valence-corrected chi connectivity index (χ1v) is 11.2. The number of carbonyl (C=O) groups is 1. The predicted molar refractivity (Wildman–Crippen MR) is 110 cm³/mol. The van der Waals surface area contributed by atoms with Crippen molar-refractivity contribution < 1.29 is 22.4 Å². The minimum absolute atomic E-state index is 0.0210. The standard InChI is InChI=1S/C19H22F4N6OSe/c1-24-18(30)26-6-3-4-12-10-15-16(27-14-5-8-28(2)11-13(14)20)25-7-9-29(15)17(12)31-19(21,22)23/h7,9-10,13-14H,5-6,8,11H2,1-2H3,(H,25,27)(H2,24,26,30). The van der Waals surface area contributed by atoms with Crippen molar-refractivity contribution in [2.45, 2.75) is 23.7 Å². The molecular formula is C19H22F4N6OSe. The van der Waals surface area contributed by atoms with E-state index in [2.05, 4.69) is 32.8 Å². The molecule has 7 nitrogen and oxygen atoms in total. The fraction of sp³-hybridized carbons (Fsp3) is 0.474. The number of likely N-dealkylation sites (tertiary alicyclic amines) is 1. The topological polar surface area (TPSA) is 73.7 Å². The average Bonchev–Trinajstić information content (AvgIpc) is 3.04. The van der Waals surface area contributed by atoms with Gasteiger partial charge in [0.1, 0.15) is 0 Å². The molecule has 3 rings (SSSR count). The van der Waals surface area contributed by atoms with E-state index in [0.29, 0.717) is 24.3 Å². The van der Waals surface area contributed by atoms with Crippen molar-refractivity contribution in [3.63, 3.8) is 0 Å². The molecule has 3 N–H and O–H groups in total. The molecule has 12 heteroatoms. The van der Waals surface area contributed by atoms with E-state index >= 15 is 0 Å². The molecule has 1 fully saturated rings. The van der Waals surface area contributed by atoms with Gasteiger partial charge >= 0.3 is 183 Å². The summed E-state index contributed by atoms with van der Waals surface area (Å²) in [6.07, 6.45) is 2.26. The fourth-order valence-corrected chi connectivity index (χ4v) is 4.70. The van der Waals surface area contributed by atoms with Crippen LogP contribution in [0.1, 0.15) is 12.0 Å². The van der Waals surface area contributed by atoms with Gasteiger partial charge in [-0.1, -0.05) is 0 Å². The third-order valence-electron chi connectivity index (χ3n) is 4.72. The summed E-state index contributed by atoms with van der Waals surface area (Å²) in [7, 11) is 3.28. The number of carbonyl (C=O) groups excluding carboxylic acids is 1. The Morgan fingerprint density at radius 3 is 2.87 bits per heavy atom. The first kappa shape index (κ1) is 23.2. The van der Waals surface area contributed by atoms with Crippen molar-refractivity contribution in [2.24, 2.45) is 0 Å². The Hall–Kier alpha value is -2.48. The molecule has 2 unspecified atom stereocenters. The van der Waals surface area contributed by atoms with Gasteiger partial charge in [0.05, 0.1) is 0 Å². The van der Waals surface area contributed by atoms with E-state index < -0.39 is 38.3 Å². The van der Waals surface area contributed by atoms with E-state index in [4.69, 9.17) is 0 Å². The zero-order valence-corrected chi connectivity index (χ0v) is 18.6. The molecule has 2 atom stereocenters. The van der Waals surface area contributed by atoms with Gasteiger partial charge in [-0.05, 0) is 0 Å². The quantitative estimate of drug-likeness (QED) is 0.329. The zero-order valence-electron chi connectivity index (χ0n) is 16.9. The number of aromatic nitrogens is 2. The van der Waals surface area contributed by atoms with Gasteiger partial charge in [0, 0.05) is 0 Å². The second-order valence-electron chi connectivity index (χ2n) is 6.99. The van der Waals surface area contributed by atoms with Crippen LogP contribution in [0.25, 0.3) is 5.52 Å². The Labute approximate surface area is 183 Å². The first-order chi connectivity index (χ1) is 14.7. The van der Waals surface area contributed by atoms with Gasteiger partial charge in [0.25, 0.3) is 0 Å². The first-order valence-electron chi connectivity index (χ1n) is 9.47. The maximum absolute atomic E-state index is 14.4. The van der Waals surface area contributed by atoms with E-state index in [-0.39, 0.29) is 23.2 Å². The summed E-state index contributed by atoms with van der Waals surface area (Å²) in [6, 6.07) is 0.603. The molecule has 0 saturated carbocycles. The predicted octanol–water partition coefficient (Wildman–Crippen LogP) is 0.918. The monoisotopic (exact) mass is 506 g/mol. The summed E-state index contributed by atoms with van der Waals surface area (Å²) in [4.78, 5) is 17.3. The SMILES string of the molecule is CNC(=O)NCC#Cc1cc2c(NC3CCN(C)CC3F)nccn2c1[Se]C(F)(F)F. The van der Waals surface area contributed by atoms with Crippen LogP contribution in [-0.2, 0) is 0 Å². The number of urea groups is 1. The van der Waals surface area contributed by atoms with Crippen LogP contribution in [0, 0.1) is 11.8 Å². The minimum atomic E-state index is -4.38. The Morgan fingerprint density at radius 1 is 1.42 bits per heavy atom. The van der Waals surface area contributed by atoms with E-state index in [1.807, 2.05) is 11.9 Å². The van der Waals surface area contributed by atoms with Crippen molar-refractivity contribution in [2.75, 3.05) is 39.0 Å². The summed E-state index contributed by atoms with van der Waals surface area (Å²) in [6.45, 7) is 0.964. The second-order valence-corrected chi connectivity index (χ2v) is 9.21. The number of nitrogens with zero attached hydrogens (tertiary/aromatic N) is 3.